The minimum Gasteiger partial charge on any atom is -0.445 e. The summed E-state index contributed by atoms with van der Waals surface area (Å²) in [5, 5.41) is 16.8. The SMILES string of the molecule is CCC[C@H](NC(=O)OCc1ccccc1)[C@H](NC(=O)NC(C)(C)C)C(=O)NO. The van der Waals surface area contributed by atoms with Crippen LogP contribution in [0.1, 0.15) is 46.1 Å². The second-order valence-electron chi connectivity index (χ2n) is 7.40. The third kappa shape index (κ3) is 8.72. The van der Waals surface area contributed by atoms with E-state index in [0.717, 1.165) is 5.56 Å². The molecule has 0 saturated carbocycles. The van der Waals surface area contributed by atoms with E-state index >= 15 is 0 Å². The van der Waals surface area contributed by atoms with Gasteiger partial charge in [0.2, 0.25) is 0 Å². The summed E-state index contributed by atoms with van der Waals surface area (Å²) >= 11 is 0. The lowest BCUT2D eigenvalue weighted by Gasteiger charge is -2.29. The van der Waals surface area contributed by atoms with Gasteiger partial charge in [0.15, 0.2) is 0 Å². The third-order valence-electron chi connectivity index (χ3n) is 3.69. The first-order valence-corrected chi connectivity index (χ1v) is 9.16. The fraction of sp³-hybridized carbons (Fsp3) is 0.526. The number of nitrogens with one attached hydrogen (secondary N) is 4. The summed E-state index contributed by atoms with van der Waals surface area (Å²) in [6, 6.07) is 6.59. The summed E-state index contributed by atoms with van der Waals surface area (Å²) in [6.07, 6.45) is 0.284. The number of alkyl carbamates (subject to hydrolysis) is 1. The number of hydrogen-bond donors (Lipinski definition) is 5. The molecule has 5 N–H and O–H groups in total. The standard InChI is InChI=1S/C19H30N4O5/c1-5-9-14(20-18(26)28-12-13-10-7-6-8-11-13)15(16(24)23-27)21-17(25)22-19(2,3)4/h6-8,10-11,14-15,27H,5,9,12H2,1-4H3,(H,20,26)(H,23,24)(H2,21,22,25)/t14-,15-/m0/s1. The van der Waals surface area contributed by atoms with Crippen LogP contribution >= 0.6 is 0 Å². The number of ether oxygens (including phenoxy) is 1. The molecule has 0 bridgehead atoms. The van der Waals surface area contributed by atoms with Gasteiger partial charge in [-0.1, -0.05) is 43.7 Å². The molecule has 0 unspecified atom stereocenters. The Kier molecular flexibility index (Phi) is 9.23. The zero-order valence-corrected chi connectivity index (χ0v) is 16.7. The first kappa shape index (κ1) is 23.2. The predicted molar refractivity (Wildman–Crippen MR) is 104 cm³/mol. The van der Waals surface area contributed by atoms with Gasteiger partial charge in [-0.25, -0.2) is 15.1 Å². The lowest BCUT2D eigenvalue weighted by Crippen LogP contribution is -2.61. The van der Waals surface area contributed by atoms with Gasteiger partial charge in [0.1, 0.15) is 12.6 Å². The van der Waals surface area contributed by atoms with E-state index in [0.29, 0.717) is 12.8 Å². The largest absolute Gasteiger partial charge is 0.445 e. The zero-order valence-electron chi connectivity index (χ0n) is 16.7. The summed E-state index contributed by atoms with van der Waals surface area (Å²) in [5.41, 5.74) is 1.83. The molecule has 0 heterocycles. The van der Waals surface area contributed by atoms with Crippen LogP contribution < -0.4 is 21.4 Å². The molecule has 4 amide bonds. The first-order chi connectivity index (χ1) is 13.2. The number of urea groups is 1. The minimum atomic E-state index is -1.18. The summed E-state index contributed by atoms with van der Waals surface area (Å²) in [4.78, 5) is 36.4. The Morgan fingerprint density at radius 2 is 1.75 bits per heavy atom. The van der Waals surface area contributed by atoms with Crippen molar-refractivity contribution in [3.05, 3.63) is 35.9 Å². The van der Waals surface area contributed by atoms with E-state index in [1.54, 1.807) is 20.8 Å². The molecule has 9 heteroatoms. The molecule has 2 atom stereocenters. The van der Waals surface area contributed by atoms with Gasteiger partial charge in [0.05, 0.1) is 6.04 Å². The molecule has 28 heavy (non-hydrogen) atoms. The van der Waals surface area contributed by atoms with E-state index in [9.17, 15) is 14.4 Å². The fourth-order valence-electron chi connectivity index (χ4n) is 2.49. The highest BCUT2D eigenvalue weighted by Gasteiger charge is 2.31. The van der Waals surface area contributed by atoms with Crippen LogP contribution in [-0.2, 0) is 16.1 Å². The van der Waals surface area contributed by atoms with Gasteiger partial charge in [-0.3, -0.25) is 10.0 Å². The van der Waals surface area contributed by atoms with Gasteiger partial charge < -0.3 is 20.7 Å². The average Bonchev–Trinajstić information content (AvgIpc) is 2.63. The van der Waals surface area contributed by atoms with Crippen LogP contribution in [0.25, 0.3) is 0 Å². The van der Waals surface area contributed by atoms with Crippen molar-refractivity contribution >= 4 is 18.0 Å². The summed E-state index contributed by atoms with van der Waals surface area (Å²) in [7, 11) is 0. The molecule has 0 spiro atoms. The molecule has 0 aliphatic carbocycles. The highest BCUT2D eigenvalue weighted by Crippen LogP contribution is 2.07. The molecule has 1 aromatic rings. The smallest absolute Gasteiger partial charge is 0.407 e. The Balaban J connectivity index is 2.78. The quantitative estimate of drug-likeness (QED) is 0.340. The average molecular weight is 394 g/mol. The maximum absolute atomic E-state index is 12.2. The predicted octanol–water partition coefficient (Wildman–Crippen LogP) is 2.05. The molecule has 1 rings (SSSR count). The Labute approximate surface area is 165 Å². The molecule has 0 aliphatic heterocycles. The van der Waals surface area contributed by atoms with Crippen molar-refractivity contribution in [3.63, 3.8) is 0 Å². The van der Waals surface area contributed by atoms with E-state index in [-0.39, 0.29) is 6.61 Å². The molecule has 156 valence electrons. The van der Waals surface area contributed by atoms with E-state index < -0.39 is 35.7 Å². The van der Waals surface area contributed by atoms with E-state index in [1.165, 1.54) is 5.48 Å². The van der Waals surface area contributed by atoms with Crippen molar-refractivity contribution in [2.24, 2.45) is 0 Å². The van der Waals surface area contributed by atoms with Gasteiger partial charge >= 0.3 is 12.1 Å². The van der Waals surface area contributed by atoms with Gasteiger partial charge in [-0.05, 0) is 32.8 Å². The van der Waals surface area contributed by atoms with Crippen LogP contribution in [-0.4, -0.2) is 40.9 Å². The highest BCUT2D eigenvalue weighted by molar-refractivity contribution is 5.87. The highest BCUT2D eigenvalue weighted by atomic mass is 16.5. The lowest BCUT2D eigenvalue weighted by molar-refractivity contribution is -0.131. The maximum atomic E-state index is 12.2. The van der Waals surface area contributed by atoms with Crippen LogP contribution in [0.3, 0.4) is 0 Å². The maximum Gasteiger partial charge on any atom is 0.407 e. The molecule has 0 aliphatic rings. The second kappa shape index (κ2) is 11.1. The summed E-state index contributed by atoms with van der Waals surface area (Å²) in [5.74, 6) is -0.842. The molecule has 0 fully saturated rings. The Morgan fingerprint density at radius 1 is 1.11 bits per heavy atom. The normalized spacial score (nSPS) is 13.0. The number of carbonyl (C=O) groups is 3. The Morgan fingerprint density at radius 3 is 2.29 bits per heavy atom. The van der Waals surface area contributed by atoms with Crippen molar-refractivity contribution in [1.82, 2.24) is 21.4 Å². The lowest BCUT2D eigenvalue weighted by atomic mass is 10.0. The van der Waals surface area contributed by atoms with Crippen molar-refractivity contribution in [1.29, 1.82) is 0 Å². The molecular weight excluding hydrogens is 364 g/mol. The molecule has 0 saturated heterocycles. The first-order valence-electron chi connectivity index (χ1n) is 9.16. The summed E-state index contributed by atoms with van der Waals surface area (Å²) in [6.45, 7) is 7.30. The molecule has 0 radical (unpaired) electrons. The van der Waals surface area contributed by atoms with E-state index in [4.69, 9.17) is 9.94 Å². The number of benzene rings is 1. The van der Waals surface area contributed by atoms with Gasteiger partial charge in [0.25, 0.3) is 5.91 Å². The van der Waals surface area contributed by atoms with Crippen LogP contribution in [0.2, 0.25) is 0 Å². The van der Waals surface area contributed by atoms with Gasteiger partial charge in [0, 0.05) is 5.54 Å². The molecule has 0 aromatic heterocycles. The van der Waals surface area contributed by atoms with Crippen LogP contribution in [0, 0.1) is 0 Å². The summed E-state index contributed by atoms with van der Waals surface area (Å²) < 4.78 is 5.18. The number of hydrogen-bond acceptors (Lipinski definition) is 5. The van der Waals surface area contributed by atoms with Gasteiger partial charge in [-0.15, -0.1) is 0 Å². The number of hydroxylamine groups is 1. The number of rotatable bonds is 8. The molecular formula is C19H30N4O5. The van der Waals surface area contributed by atoms with Crippen molar-refractivity contribution < 1.29 is 24.3 Å². The van der Waals surface area contributed by atoms with Crippen LogP contribution in [0.4, 0.5) is 9.59 Å². The monoisotopic (exact) mass is 394 g/mol. The fourth-order valence-corrected chi connectivity index (χ4v) is 2.49. The van der Waals surface area contributed by atoms with E-state index in [2.05, 4.69) is 16.0 Å². The van der Waals surface area contributed by atoms with Crippen molar-refractivity contribution in [3.8, 4) is 0 Å². The topological polar surface area (TPSA) is 129 Å². The van der Waals surface area contributed by atoms with Gasteiger partial charge in [-0.2, -0.15) is 0 Å². The third-order valence-corrected chi connectivity index (χ3v) is 3.69. The van der Waals surface area contributed by atoms with Crippen LogP contribution in [0.15, 0.2) is 30.3 Å². The molecule has 1 aromatic carbocycles. The van der Waals surface area contributed by atoms with Crippen LogP contribution in [0.5, 0.6) is 0 Å². The Hall–Kier alpha value is -2.81. The minimum absolute atomic E-state index is 0.0698. The number of carbonyl (C=O) groups excluding carboxylic acids is 3. The van der Waals surface area contributed by atoms with Crippen molar-refractivity contribution in [2.45, 2.75) is 64.8 Å². The number of amides is 4. The van der Waals surface area contributed by atoms with Crippen molar-refractivity contribution in [2.75, 3.05) is 0 Å². The zero-order chi connectivity index (χ0) is 21.2. The molecule has 9 nitrogen and oxygen atoms in total. The second-order valence-corrected chi connectivity index (χ2v) is 7.40. The van der Waals surface area contributed by atoms with E-state index in [1.807, 2.05) is 37.3 Å². The Bertz CT molecular complexity index is 645.